The first kappa shape index (κ1) is 18.0. The third-order valence-electron chi connectivity index (χ3n) is 5.73. The lowest BCUT2D eigenvalue weighted by Gasteiger charge is -2.36. The van der Waals surface area contributed by atoms with Gasteiger partial charge in [0.2, 0.25) is 0 Å². The molecule has 6 heteroatoms. The monoisotopic (exact) mass is 339 g/mol. The first-order chi connectivity index (χ1) is 11.6. The fourth-order valence-electron chi connectivity index (χ4n) is 4.19. The number of hydrogen-bond donors (Lipinski definition) is 2. The van der Waals surface area contributed by atoms with Crippen molar-refractivity contribution in [2.45, 2.75) is 70.2 Å². The van der Waals surface area contributed by atoms with Gasteiger partial charge in [-0.25, -0.2) is 4.79 Å². The number of piperidine rings is 1. The fraction of sp³-hybridized carbons (Fsp3) is 0.944. The largest absolute Gasteiger partial charge is 0.348 e. The van der Waals surface area contributed by atoms with Gasteiger partial charge in [-0.1, -0.05) is 0 Å². The number of rotatable bonds is 4. The average Bonchev–Trinajstić information content (AvgIpc) is 3.04. The van der Waals surface area contributed by atoms with E-state index in [0.29, 0.717) is 25.2 Å². The highest BCUT2D eigenvalue weighted by Crippen LogP contribution is 2.35. The third kappa shape index (κ3) is 4.61. The zero-order valence-corrected chi connectivity index (χ0v) is 15.2. The molecule has 0 radical (unpaired) electrons. The van der Waals surface area contributed by atoms with Crippen LogP contribution in [0.4, 0.5) is 4.79 Å². The van der Waals surface area contributed by atoms with Crippen LogP contribution in [0.5, 0.6) is 0 Å². The van der Waals surface area contributed by atoms with E-state index in [1.807, 2.05) is 0 Å². The maximum absolute atomic E-state index is 12.2. The molecule has 2 aliphatic heterocycles. The molecular formula is C18H33N3O3. The molecule has 0 aromatic heterocycles. The summed E-state index contributed by atoms with van der Waals surface area (Å²) in [7, 11) is 0. The highest BCUT2D eigenvalue weighted by atomic mass is 16.7. The Balaban J connectivity index is 1.34. The molecule has 1 aliphatic carbocycles. The van der Waals surface area contributed by atoms with Crippen molar-refractivity contribution in [2.75, 3.05) is 32.8 Å². The molecule has 1 saturated carbocycles. The molecule has 0 unspecified atom stereocenters. The third-order valence-corrected chi connectivity index (χ3v) is 5.73. The molecule has 1 spiro atoms. The Morgan fingerprint density at radius 3 is 2.58 bits per heavy atom. The Morgan fingerprint density at radius 1 is 1.21 bits per heavy atom. The molecular weight excluding hydrogens is 306 g/mol. The number of hydrogen-bond acceptors (Lipinski definition) is 4. The molecule has 2 saturated heterocycles. The maximum Gasteiger partial charge on any atom is 0.315 e. The summed E-state index contributed by atoms with van der Waals surface area (Å²) in [5.74, 6) is 0.221. The van der Waals surface area contributed by atoms with Gasteiger partial charge < -0.3 is 25.0 Å². The van der Waals surface area contributed by atoms with Gasteiger partial charge in [0.15, 0.2) is 5.79 Å². The smallest absolute Gasteiger partial charge is 0.315 e. The van der Waals surface area contributed by atoms with Crippen molar-refractivity contribution >= 4 is 6.03 Å². The van der Waals surface area contributed by atoms with E-state index in [9.17, 15) is 4.79 Å². The summed E-state index contributed by atoms with van der Waals surface area (Å²) in [5, 5.41) is 6.20. The average molecular weight is 339 g/mol. The number of urea groups is 1. The Kier molecular flexibility index (Phi) is 6.00. The minimum absolute atomic E-state index is 0.0223. The zero-order chi connectivity index (χ0) is 17.0. The first-order valence-corrected chi connectivity index (χ1v) is 9.63. The minimum atomic E-state index is -0.350. The molecule has 2 amide bonds. The van der Waals surface area contributed by atoms with Crippen LogP contribution in [0.2, 0.25) is 0 Å². The molecule has 2 heterocycles. The number of nitrogens with zero attached hydrogens (tertiary/aromatic N) is 1. The van der Waals surface area contributed by atoms with E-state index >= 15 is 0 Å². The van der Waals surface area contributed by atoms with E-state index in [1.165, 1.54) is 19.4 Å². The normalized spacial score (nSPS) is 28.4. The van der Waals surface area contributed by atoms with Crippen LogP contribution >= 0.6 is 0 Å². The predicted octanol–water partition coefficient (Wildman–Crippen LogP) is 2.09. The van der Waals surface area contributed by atoms with Crippen LogP contribution in [0, 0.1) is 5.92 Å². The van der Waals surface area contributed by atoms with Gasteiger partial charge in [0, 0.05) is 38.0 Å². The lowest BCUT2D eigenvalue weighted by molar-refractivity contribution is -0.179. The van der Waals surface area contributed by atoms with E-state index in [4.69, 9.17) is 9.47 Å². The second kappa shape index (κ2) is 8.02. The molecule has 3 fully saturated rings. The van der Waals surface area contributed by atoms with Crippen molar-refractivity contribution < 1.29 is 14.3 Å². The molecule has 0 bridgehead atoms. The summed E-state index contributed by atoms with van der Waals surface area (Å²) in [6, 6.07) is 0.809. The lowest BCUT2D eigenvalue weighted by atomic mass is 9.90. The van der Waals surface area contributed by atoms with Crippen molar-refractivity contribution in [1.29, 1.82) is 0 Å². The van der Waals surface area contributed by atoms with E-state index in [1.54, 1.807) is 0 Å². The van der Waals surface area contributed by atoms with E-state index < -0.39 is 0 Å². The van der Waals surface area contributed by atoms with E-state index in [0.717, 1.165) is 38.8 Å². The van der Waals surface area contributed by atoms with Crippen LogP contribution in [0.25, 0.3) is 0 Å². The molecule has 0 aromatic carbocycles. The summed E-state index contributed by atoms with van der Waals surface area (Å²) in [6.07, 6.45) is 6.06. The zero-order valence-electron chi connectivity index (χ0n) is 15.2. The van der Waals surface area contributed by atoms with Gasteiger partial charge in [0.05, 0.1) is 13.2 Å². The van der Waals surface area contributed by atoms with Crippen molar-refractivity contribution in [3.8, 4) is 0 Å². The highest BCUT2D eigenvalue weighted by molar-refractivity contribution is 5.74. The van der Waals surface area contributed by atoms with Crippen molar-refractivity contribution in [2.24, 2.45) is 5.92 Å². The van der Waals surface area contributed by atoms with Crippen LogP contribution in [-0.4, -0.2) is 61.6 Å². The first-order valence-electron chi connectivity index (χ1n) is 9.63. The lowest BCUT2D eigenvalue weighted by Crippen LogP contribution is -2.49. The molecule has 3 aliphatic rings. The summed E-state index contributed by atoms with van der Waals surface area (Å²) < 4.78 is 11.5. The van der Waals surface area contributed by atoms with E-state index in [2.05, 4.69) is 29.4 Å². The molecule has 2 N–H and O–H groups in total. The van der Waals surface area contributed by atoms with Gasteiger partial charge >= 0.3 is 6.03 Å². The van der Waals surface area contributed by atoms with Crippen LogP contribution < -0.4 is 10.6 Å². The Bertz CT molecular complexity index is 414. The van der Waals surface area contributed by atoms with Crippen molar-refractivity contribution in [1.82, 2.24) is 15.5 Å². The maximum atomic E-state index is 12.2. The van der Waals surface area contributed by atoms with Gasteiger partial charge in [-0.2, -0.15) is 0 Å². The highest BCUT2D eigenvalue weighted by Gasteiger charge is 2.40. The van der Waals surface area contributed by atoms with Gasteiger partial charge in [-0.3, -0.25) is 0 Å². The Hall–Kier alpha value is -0.850. The quantitative estimate of drug-likeness (QED) is 0.823. The SMILES string of the molecule is CC(C)N1CCC[C@H](CNC(=O)NC2CCC3(CC2)OCCO3)C1. The molecule has 24 heavy (non-hydrogen) atoms. The van der Waals surface area contributed by atoms with Crippen LogP contribution in [0.3, 0.4) is 0 Å². The number of nitrogens with one attached hydrogen (secondary N) is 2. The second-order valence-electron chi connectivity index (χ2n) is 7.83. The van der Waals surface area contributed by atoms with E-state index in [-0.39, 0.29) is 17.9 Å². The van der Waals surface area contributed by atoms with Crippen LogP contribution in [-0.2, 0) is 9.47 Å². The van der Waals surface area contributed by atoms with Crippen LogP contribution in [0.1, 0.15) is 52.4 Å². The number of carbonyl (C=O) groups is 1. The van der Waals surface area contributed by atoms with Gasteiger partial charge in [0.25, 0.3) is 0 Å². The Labute approximate surface area is 145 Å². The van der Waals surface area contributed by atoms with Crippen LogP contribution in [0.15, 0.2) is 0 Å². The number of carbonyl (C=O) groups excluding carboxylic acids is 1. The molecule has 1 atom stereocenters. The summed E-state index contributed by atoms with van der Waals surface area (Å²) in [4.78, 5) is 14.7. The molecule has 138 valence electrons. The minimum Gasteiger partial charge on any atom is -0.348 e. The predicted molar refractivity (Wildman–Crippen MR) is 92.9 cm³/mol. The summed E-state index contributed by atoms with van der Waals surface area (Å²) in [5.41, 5.74) is 0. The number of amides is 2. The summed E-state index contributed by atoms with van der Waals surface area (Å²) >= 11 is 0. The van der Waals surface area contributed by atoms with Gasteiger partial charge in [-0.15, -0.1) is 0 Å². The standard InChI is InChI=1S/C18H33N3O3/c1-14(2)21-9-3-4-15(13-21)12-19-17(22)20-16-5-7-18(8-6-16)23-10-11-24-18/h14-16H,3-13H2,1-2H3,(H2,19,20,22)/t15-/m1/s1. The fourth-order valence-corrected chi connectivity index (χ4v) is 4.19. The van der Waals surface area contributed by atoms with Gasteiger partial charge in [-0.05, 0) is 52.0 Å². The molecule has 6 nitrogen and oxygen atoms in total. The van der Waals surface area contributed by atoms with Gasteiger partial charge in [0.1, 0.15) is 0 Å². The summed E-state index contributed by atoms with van der Waals surface area (Å²) in [6.45, 7) is 8.96. The number of ether oxygens (including phenoxy) is 2. The molecule has 3 rings (SSSR count). The van der Waals surface area contributed by atoms with Crippen molar-refractivity contribution in [3.63, 3.8) is 0 Å². The van der Waals surface area contributed by atoms with Crippen molar-refractivity contribution in [3.05, 3.63) is 0 Å². The number of likely N-dealkylation sites (tertiary alicyclic amines) is 1. The Morgan fingerprint density at radius 2 is 1.92 bits per heavy atom. The second-order valence-corrected chi connectivity index (χ2v) is 7.83. The topological polar surface area (TPSA) is 62.8 Å². The molecule has 0 aromatic rings.